The van der Waals surface area contributed by atoms with Gasteiger partial charge in [0.05, 0.1) is 36.3 Å². The zero-order chi connectivity index (χ0) is 19.9. The van der Waals surface area contributed by atoms with Gasteiger partial charge in [0, 0.05) is 6.61 Å². The minimum absolute atomic E-state index is 0.0140. The lowest BCUT2D eigenvalue weighted by Crippen LogP contribution is -2.25. The van der Waals surface area contributed by atoms with Crippen LogP contribution in [-0.4, -0.2) is 51.7 Å². The second kappa shape index (κ2) is 9.56. The van der Waals surface area contributed by atoms with Crippen molar-refractivity contribution in [3.05, 3.63) is 40.3 Å². The van der Waals surface area contributed by atoms with E-state index in [1.165, 1.54) is 4.57 Å². The van der Waals surface area contributed by atoms with Crippen molar-refractivity contribution in [2.24, 2.45) is 0 Å². The fourth-order valence-corrected chi connectivity index (χ4v) is 3.62. The van der Waals surface area contributed by atoms with Gasteiger partial charge in [0.1, 0.15) is 0 Å². The lowest BCUT2D eigenvalue weighted by atomic mass is 10.2. The van der Waals surface area contributed by atoms with E-state index in [-0.39, 0.29) is 35.6 Å². The van der Waals surface area contributed by atoms with Gasteiger partial charge in [-0.1, -0.05) is 23.9 Å². The normalized spacial score (nSPS) is 16.1. The number of anilines is 1. The highest BCUT2D eigenvalue weighted by Gasteiger charge is 2.20. The third-order valence-electron chi connectivity index (χ3n) is 4.16. The number of carbonyl (C=O) groups is 2. The van der Waals surface area contributed by atoms with Gasteiger partial charge >= 0.3 is 11.7 Å². The number of carbonyl (C=O) groups excluding carboxylic acids is 2. The molecule has 0 radical (unpaired) electrons. The Bertz CT molecular complexity index is 888. The van der Waals surface area contributed by atoms with Crippen LogP contribution in [0.1, 0.15) is 30.1 Å². The maximum atomic E-state index is 12.3. The number of benzene rings is 1. The fourth-order valence-electron chi connectivity index (χ4n) is 2.86. The van der Waals surface area contributed by atoms with Crippen LogP contribution in [0.3, 0.4) is 0 Å². The number of H-pyrrole nitrogens is 1. The summed E-state index contributed by atoms with van der Waals surface area (Å²) in [5, 5.41) is 9.53. The van der Waals surface area contributed by atoms with E-state index in [0.717, 1.165) is 24.6 Å². The van der Waals surface area contributed by atoms with Crippen molar-refractivity contribution in [3.8, 4) is 0 Å². The van der Waals surface area contributed by atoms with Crippen LogP contribution in [0.25, 0.3) is 0 Å². The van der Waals surface area contributed by atoms with Crippen molar-refractivity contribution in [3.63, 3.8) is 0 Å². The van der Waals surface area contributed by atoms with E-state index in [1.807, 2.05) is 0 Å². The van der Waals surface area contributed by atoms with E-state index in [0.29, 0.717) is 24.0 Å². The highest BCUT2D eigenvalue weighted by Crippen LogP contribution is 2.20. The molecule has 0 aliphatic carbocycles. The van der Waals surface area contributed by atoms with Crippen LogP contribution in [0, 0.1) is 0 Å². The first-order valence-electron chi connectivity index (χ1n) is 9.04. The molecule has 1 aliphatic rings. The molecule has 2 N–H and O–H groups in total. The topological polar surface area (TPSA) is 115 Å². The molecule has 1 fully saturated rings. The van der Waals surface area contributed by atoms with Gasteiger partial charge in [-0.2, -0.15) is 0 Å². The fraction of sp³-hybridized carbons (Fsp3) is 0.444. The zero-order valence-corrected chi connectivity index (χ0v) is 16.3. The number of hydrogen-bond acceptors (Lipinski definition) is 7. The molecule has 1 aromatic carbocycles. The second-order valence-corrected chi connectivity index (χ2v) is 7.10. The number of nitrogens with zero attached hydrogens (tertiary/aromatic N) is 2. The lowest BCUT2D eigenvalue weighted by molar-refractivity contribution is -0.113. The number of amides is 1. The SMILES string of the molecule is CCOC(=O)c1ccccc1NC(=O)CSc1n[nH]c(=O)n1C[C@H]1CCCO1. The molecule has 0 saturated carbocycles. The van der Waals surface area contributed by atoms with E-state index in [9.17, 15) is 14.4 Å². The summed E-state index contributed by atoms with van der Waals surface area (Å²) < 4.78 is 12.1. The molecule has 1 aliphatic heterocycles. The first-order valence-corrected chi connectivity index (χ1v) is 10.0. The number of ether oxygens (including phenoxy) is 2. The Morgan fingerprint density at radius 2 is 2.25 bits per heavy atom. The van der Waals surface area contributed by atoms with Crippen LogP contribution in [0.4, 0.5) is 5.69 Å². The van der Waals surface area contributed by atoms with E-state index in [4.69, 9.17) is 9.47 Å². The molecule has 2 aromatic rings. The largest absolute Gasteiger partial charge is 0.462 e. The molecule has 1 amide bonds. The van der Waals surface area contributed by atoms with Gasteiger partial charge in [-0.05, 0) is 31.9 Å². The molecule has 10 heteroatoms. The molecular weight excluding hydrogens is 384 g/mol. The number of aromatic nitrogens is 3. The molecule has 150 valence electrons. The Labute approximate surface area is 165 Å². The Hall–Kier alpha value is -2.59. The van der Waals surface area contributed by atoms with Gasteiger partial charge in [-0.15, -0.1) is 5.10 Å². The monoisotopic (exact) mass is 406 g/mol. The molecule has 3 rings (SSSR count). The minimum atomic E-state index is -0.497. The number of aromatic amines is 1. The van der Waals surface area contributed by atoms with Crippen molar-refractivity contribution in [2.75, 3.05) is 24.3 Å². The van der Waals surface area contributed by atoms with Gasteiger partial charge < -0.3 is 14.8 Å². The van der Waals surface area contributed by atoms with E-state index in [1.54, 1.807) is 31.2 Å². The number of thioether (sulfide) groups is 1. The van der Waals surface area contributed by atoms with E-state index < -0.39 is 5.97 Å². The van der Waals surface area contributed by atoms with Crippen LogP contribution in [0.15, 0.2) is 34.2 Å². The highest BCUT2D eigenvalue weighted by molar-refractivity contribution is 7.99. The summed E-state index contributed by atoms with van der Waals surface area (Å²) in [7, 11) is 0. The standard InChI is InChI=1S/C18H22N4O5S/c1-2-26-16(24)13-7-3-4-8-14(13)19-15(23)11-28-18-21-20-17(25)22(18)10-12-6-5-9-27-12/h3-4,7-8,12H,2,5-6,9-11H2,1H3,(H,19,23)(H,20,25)/t12-/m1/s1. The number of esters is 1. The molecule has 9 nitrogen and oxygen atoms in total. The zero-order valence-electron chi connectivity index (χ0n) is 15.5. The number of para-hydroxylation sites is 1. The molecule has 28 heavy (non-hydrogen) atoms. The molecular formula is C18H22N4O5S. The third-order valence-corrected chi connectivity index (χ3v) is 5.14. The quantitative estimate of drug-likeness (QED) is 0.506. The van der Waals surface area contributed by atoms with Crippen LogP contribution in [0.2, 0.25) is 0 Å². The first kappa shape index (κ1) is 20.2. The van der Waals surface area contributed by atoms with E-state index in [2.05, 4.69) is 15.5 Å². The Morgan fingerprint density at radius 3 is 3.00 bits per heavy atom. The minimum Gasteiger partial charge on any atom is -0.462 e. The Morgan fingerprint density at radius 1 is 1.43 bits per heavy atom. The average molecular weight is 406 g/mol. The van der Waals surface area contributed by atoms with Gasteiger partial charge in [0.15, 0.2) is 5.16 Å². The van der Waals surface area contributed by atoms with Gasteiger partial charge in [-0.3, -0.25) is 9.36 Å². The summed E-state index contributed by atoms with van der Waals surface area (Å²) in [5.41, 5.74) is 0.342. The van der Waals surface area contributed by atoms with Crippen LogP contribution in [-0.2, 0) is 20.8 Å². The number of nitrogens with one attached hydrogen (secondary N) is 2. The maximum absolute atomic E-state index is 12.3. The van der Waals surface area contributed by atoms with Crippen molar-refractivity contribution in [1.29, 1.82) is 0 Å². The summed E-state index contributed by atoms with van der Waals surface area (Å²) in [6.07, 6.45) is 1.86. The van der Waals surface area contributed by atoms with Gasteiger partial charge in [-0.25, -0.2) is 14.7 Å². The summed E-state index contributed by atoms with van der Waals surface area (Å²) >= 11 is 1.14. The Kier molecular flexibility index (Phi) is 6.88. The maximum Gasteiger partial charge on any atom is 0.344 e. The number of hydrogen-bond donors (Lipinski definition) is 2. The van der Waals surface area contributed by atoms with E-state index >= 15 is 0 Å². The van der Waals surface area contributed by atoms with Crippen molar-refractivity contribution in [1.82, 2.24) is 14.8 Å². The molecule has 2 heterocycles. The molecule has 0 unspecified atom stereocenters. The summed E-state index contributed by atoms with van der Waals surface area (Å²) in [6, 6.07) is 6.65. The molecule has 0 bridgehead atoms. The lowest BCUT2D eigenvalue weighted by Gasteiger charge is -2.12. The Balaban J connectivity index is 1.61. The third kappa shape index (κ3) is 5.02. The first-order chi connectivity index (χ1) is 13.6. The van der Waals surface area contributed by atoms with Crippen LogP contribution < -0.4 is 11.0 Å². The van der Waals surface area contributed by atoms with Crippen molar-refractivity contribution in [2.45, 2.75) is 37.6 Å². The summed E-state index contributed by atoms with van der Waals surface area (Å²) in [4.78, 5) is 36.3. The van der Waals surface area contributed by atoms with Crippen LogP contribution >= 0.6 is 11.8 Å². The number of rotatable bonds is 8. The molecule has 1 atom stereocenters. The summed E-state index contributed by atoms with van der Waals surface area (Å²) in [6.45, 7) is 3.07. The highest BCUT2D eigenvalue weighted by atomic mass is 32.2. The predicted octanol–water partition coefficient (Wildman–Crippen LogP) is 1.66. The molecule has 0 spiro atoms. The molecule has 1 aromatic heterocycles. The predicted molar refractivity (Wildman–Crippen MR) is 104 cm³/mol. The van der Waals surface area contributed by atoms with Crippen LogP contribution in [0.5, 0.6) is 0 Å². The van der Waals surface area contributed by atoms with Crippen molar-refractivity contribution < 1.29 is 19.1 Å². The molecule has 1 saturated heterocycles. The smallest absolute Gasteiger partial charge is 0.344 e. The average Bonchev–Trinajstić information content (AvgIpc) is 3.32. The van der Waals surface area contributed by atoms with Gasteiger partial charge in [0.25, 0.3) is 0 Å². The van der Waals surface area contributed by atoms with Gasteiger partial charge in [0.2, 0.25) is 5.91 Å². The second-order valence-electron chi connectivity index (χ2n) is 6.16. The van der Waals surface area contributed by atoms with Crippen molar-refractivity contribution >= 4 is 29.3 Å². The summed E-state index contributed by atoms with van der Waals surface area (Å²) in [5.74, 6) is -0.780.